The van der Waals surface area contributed by atoms with Crippen LogP contribution in [0.1, 0.15) is 0 Å². The minimum atomic E-state index is 0.918. The van der Waals surface area contributed by atoms with Crippen LogP contribution in [-0.4, -0.2) is 9.97 Å². The Morgan fingerprint density at radius 3 is 1.56 bits per heavy atom. The summed E-state index contributed by atoms with van der Waals surface area (Å²) in [6, 6.07) is 67.5. The van der Waals surface area contributed by atoms with E-state index in [-0.39, 0.29) is 0 Å². The van der Waals surface area contributed by atoms with E-state index in [1.807, 2.05) is 18.3 Å². The molecule has 2 heteroatoms. The Balaban J connectivity index is 1.20. The number of pyridine rings is 2. The van der Waals surface area contributed by atoms with Crippen molar-refractivity contribution in [3.63, 3.8) is 0 Å². The predicted octanol–water partition coefficient (Wildman–Crippen LogP) is 13.4. The third kappa shape index (κ3) is 5.04. The molecule has 0 atom stereocenters. The normalized spacial score (nSPS) is 11.5. The molecule has 0 bridgehead atoms. The topological polar surface area (TPSA) is 25.8 Å². The lowest BCUT2D eigenvalue weighted by molar-refractivity contribution is 1.37. The molecule has 0 aliphatic rings. The molecule has 0 spiro atoms. The number of nitrogens with zero attached hydrogens (tertiary/aromatic N) is 2. The van der Waals surface area contributed by atoms with Crippen LogP contribution in [0.4, 0.5) is 0 Å². The molecule has 242 valence electrons. The zero-order valence-corrected chi connectivity index (χ0v) is 28.4. The Morgan fingerprint density at radius 2 is 0.846 bits per heavy atom. The van der Waals surface area contributed by atoms with Crippen LogP contribution in [0.5, 0.6) is 0 Å². The van der Waals surface area contributed by atoms with Crippen molar-refractivity contribution >= 4 is 43.4 Å². The number of hydrogen-bond donors (Lipinski definition) is 0. The van der Waals surface area contributed by atoms with E-state index in [1.54, 1.807) is 0 Å². The lowest BCUT2D eigenvalue weighted by Crippen LogP contribution is -1.93. The van der Waals surface area contributed by atoms with Crippen LogP contribution in [-0.2, 0) is 0 Å². The lowest BCUT2D eigenvalue weighted by Gasteiger charge is -2.19. The van der Waals surface area contributed by atoms with Gasteiger partial charge in [-0.2, -0.15) is 0 Å². The summed E-state index contributed by atoms with van der Waals surface area (Å²) in [5, 5.41) is 7.16. The Morgan fingerprint density at radius 1 is 0.308 bits per heavy atom. The van der Waals surface area contributed by atoms with Gasteiger partial charge in [0, 0.05) is 22.5 Å². The molecule has 0 radical (unpaired) electrons. The van der Waals surface area contributed by atoms with E-state index in [9.17, 15) is 0 Å². The Kier molecular flexibility index (Phi) is 7.18. The smallest absolute Gasteiger partial charge is 0.0978 e. The molecule has 0 N–H and O–H groups in total. The van der Waals surface area contributed by atoms with Gasteiger partial charge in [-0.15, -0.1) is 0 Å². The second kappa shape index (κ2) is 12.5. The van der Waals surface area contributed by atoms with E-state index in [2.05, 4.69) is 176 Å². The van der Waals surface area contributed by atoms with Gasteiger partial charge in [-0.05, 0) is 84.3 Å². The van der Waals surface area contributed by atoms with Gasteiger partial charge in [0.15, 0.2) is 0 Å². The summed E-state index contributed by atoms with van der Waals surface area (Å²) in [6.45, 7) is 0. The quantitative estimate of drug-likeness (QED) is 0.136. The Hall–Kier alpha value is -6.90. The first-order valence-electron chi connectivity index (χ1n) is 17.7. The van der Waals surface area contributed by atoms with Gasteiger partial charge < -0.3 is 0 Å². The van der Waals surface area contributed by atoms with Gasteiger partial charge >= 0.3 is 0 Å². The molecule has 2 heterocycles. The molecule has 0 aliphatic carbocycles. The summed E-state index contributed by atoms with van der Waals surface area (Å²) in [5.41, 5.74) is 13.5. The van der Waals surface area contributed by atoms with Gasteiger partial charge in [0.2, 0.25) is 0 Å². The summed E-state index contributed by atoms with van der Waals surface area (Å²) < 4.78 is 0. The number of rotatable bonds is 5. The van der Waals surface area contributed by atoms with Crippen molar-refractivity contribution in [1.29, 1.82) is 0 Å². The summed E-state index contributed by atoms with van der Waals surface area (Å²) in [6.07, 6.45) is 1.85. The third-order valence-electron chi connectivity index (χ3n) is 10.3. The van der Waals surface area contributed by atoms with Gasteiger partial charge in [0.05, 0.1) is 16.7 Å². The fourth-order valence-corrected chi connectivity index (χ4v) is 7.85. The number of fused-ring (bicyclic) bond motifs is 5. The van der Waals surface area contributed by atoms with Gasteiger partial charge in [-0.25, -0.2) is 4.98 Å². The fourth-order valence-electron chi connectivity index (χ4n) is 7.85. The maximum Gasteiger partial charge on any atom is 0.0978 e. The van der Waals surface area contributed by atoms with Gasteiger partial charge in [-0.1, -0.05) is 170 Å². The second-order valence-corrected chi connectivity index (χ2v) is 13.3. The molecule has 0 fully saturated rings. The van der Waals surface area contributed by atoms with Crippen LogP contribution in [0.25, 0.3) is 99.1 Å². The zero-order chi connectivity index (χ0) is 34.4. The average Bonchev–Trinajstić information content (AvgIpc) is 3.23. The molecule has 0 aliphatic heterocycles. The monoisotopic (exact) mass is 660 g/mol. The lowest BCUT2D eigenvalue weighted by atomic mass is 9.84. The Labute approximate surface area is 302 Å². The summed E-state index contributed by atoms with van der Waals surface area (Å²) in [7, 11) is 0. The molecule has 10 rings (SSSR count). The van der Waals surface area contributed by atoms with E-state index < -0.39 is 0 Å². The van der Waals surface area contributed by atoms with E-state index in [0.717, 1.165) is 44.2 Å². The highest BCUT2D eigenvalue weighted by atomic mass is 14.8. The maximum atomic E-state index is 5.19. The largest absolute Gasteiger partial charge is 0.254 e. The van der Waals surface area contributed by atoms with E-state index in [0.29, 0.717) is 0 Å². The molecule has 0 unspecified atom stereocenters. The molecule has 8 aromatic carbocycles. The predicted molar refractivity (Wildman–Crippen MR) is 219 cm³/mol. The molecular formula is C50H32N2. The second-order valence-electron chi connectivity index (χ2n) is 13.3. The first-order chi connectivity index (χ1) is 25.8. The van der Waals surface area contributed by atoms with Gasteiger partial charge in [0.1, 0.15) is 0 Å². The maximum absolute atomic E-state index is 5.19. The van der Waals surface area contributed by atoms with E-state index >= 15 is 0 Å². The first kappa shape index (κ1) is 30.0. The molecule has 0 saturated heterocycles. The molecular weight excluding hydrogens is 629 g/mol. The van der Waals surface area contributed by atoms with Crippen molar-refractivity contribution in [3.05, 3.63) is 194 Å². The highest BCUT2D eigenvalue weighted by Gasteiger charge is 2.18. The number of benzene rings is 8. The van der Waals surface area contributed by atoms with Crippen molar-refractivity contribution in [1.82, 2.24) is 9.97 Å². The standard InChI is InChI=1S/C50H32N2/c1-4-13-33(14-5-1)39-27-28-42-45(31-39)48(36-17-8-3-9-18-36)41-21-11-10-20-40(41)47(42)37-24-22-34(23-25-37)44-32-46(35-15-6-2-7-16-35)52-50-43(44)29-26-38-19-12-30-51-49(38)50/h1-32H. The molecule has 0 saturated carbocycles. The van der Waals surface area contributed by atoms with Crippen molar-refractivity contribution in [3.8, 4) is 55.8 Å². The molecule has 0 amide bonds. The highest BCUT2D eigenvalue weighted by Crippen LogP contribution is 2.45. The number of hydrogen-bond acceptors (Lipinski definition) is 2. The minimum Gasteiger partial charge on any atom is -0.254 e. The van der Waals surface area contributed by atoms with Crippen LogP contribution in [0.3, 0.4) is 0 Å². The zero-order valence-electron chi connectivity index (χ0n) is 28.4. The first-order valence-corrected chi connectivity index (χ1v) is 17.7. The summed E-state index contributed by atoms with van der Waals surface area (Å²) in [4.78, 5) is 9.98. The van der Waals surface area contributed by atoms with Gasteiger partial charge in [-0.3, -0.25) is 4.98 Å². The van der Waals surface area contributed by atoms with Crippen LogP contribution < -0.4 is 0 Å². The number of aromatic nitrogens is 2. The van der Waals surface area contributed by atoms with Crippen molar-refractivity contribution in [2.45, 2.75) is 0 Å². The van der Waals surface area contributed by atoms with Crippen molar-refractivity contribution in [2.24, 2.45) is 0 Å². The SMILES string of the molecule is c1ccc(-c2ccc3c(-c4ccc(-c5cc(-c6ccccc6)nc6c5ccc5cccnc56)cc4)c4ccccc4c(-c4ccccc4)c3c2)cc1. The third-order valence-corrected chi connectivity index (χ3v) is 10.3. The van der Waals surface area contributed by atoms with Crippen LogP contribution >= 0.6 is 0 Å². The summed E-state index contributed by atoms with van der Waals surface area (Å²) >= 11 is 0. The van der Waals surface area contributed by atoms with Crippen LogP contribution in [0, 0.1) is 0 Å². The molecule has 2 nitrogen and oxygen atoms in total. The molecule has 10 aromatic rings. The fraction of sp³-hybridized carbons (Fsp3) is 0. The minimum absolute atomic E-state index is 0.918. The molecule has 2 aromatic heterocycles. The van der Waals surface area contributed by atoms with Crippen LogP contribution in [0.2, 0.25) is 0 Å². The molecule has 52 heavy (non-hydrogen) atoms. The van der Waals surface area contributed by atoms with Crippen molar-refractivity contribution < 1.29 is 0 Å². The van der Waals surface area contributed by atoms with Crippen LogP contribution in [0.15, 0.2) is 194 Å². The van der Waals surface area contributed by atoms with Crippen molar-refractivity contribution in [2.75, 3.05) is 0 Å². The average molecular weight is 661 g/mol. The van der Waals surface area contributed by atoms with E-state index in [1.165, 1.54) is 54.9 Å². The van der Waals surface area contributed by atoms with Gasteiger partial charge in [0.25, 0.3) is 0 Å². The summed E-state index contributed by atoms with van der Waals surface area (Å²) in [5.74, 6) is 0. The Bertz CT molecular complexity index is 2920. The van der Waals surface area contributed by atoms with E-state index in [4.69, 9.17) is 9.97 Å². The highest BCUT2D eigenvalue weighted by molar-refractivity contribution is 6.22.